The van der Waals surface area contributed by atoms with Crippen molar-refractivity contribution in [3.05, 3.63) is 18.1 Å². The molecule has 3 heteroatoms. The molecule has 0 saturated carbocycles. The monoisotopic (exact) mass is 104 g/mol. The van der Waals surface area contributed by atoms with Crippen LogP contribution in [0.2, 0.25) is 6.32 Å². The van der Waals surface area contributed by atoms with E-state index in [1.807, 2.05) is 0 Å². The van der Waals surface area contributed by atoms with Crippen LogP contribution in [0.3, 0.4) is 0 Å². The number of nitrogens with one attached hydrogen (secondary N) is 1. The number of rotatable bonds is 1. The highest BCUT2D eigenvalue weighted by Gasteiger charge is 1.87. The van der Waals surface area contributed by atoms with Gasteiger partial charge in [0.25, 0.3) is 0 Å². The fourth-order valence-corrected chi connectivity index (χ4v) is 0.427. The Bertz CT molecular complexity index is 165. The zero-order chi connectivity index (χ0) is 5.82. The topological polar surface area (TPSA) is 24.4 Å². The van der Waals surface area contributed by atoms with E-state index in [1.165, 1.54) is 0 Å². The van der Waals surface area contributed by atoms with Crippen LogP contribution in [0.5, 0.6) is 0 Å². The summed E-state index contributed by atoms with van der Waals surface area (Å²) in [5.74, 6) is 2.63. The molecule has 2 radical (unpaired) electrons. The molecule has 0 fully saturated rings. The van der Waals surface area contributed by atoms with Crippen LogP contribution < -0.4 is 5.32 Å². The second-order valence-electron chi connectivity index (χ2n) is 1.39. The zero-order valence-electron chi connectivity index (χ0n) is 4.39. The maximum atomic E-state index is 5.25. The molecular formula is C5H5BN2. The van der Waals surface area contributed by atoms with E-state index in [0.717, 1.165) is 5.70 Å². The van der Waals surface area contributed by atoms with Crippen LogP contribution >= 0.6 is 0 Å². The zero-order valence-corrected chi connectivity index (χ0v) is 4.39. The average Bonchev–Trinajstić information content (AvgIpc) is 1.90. The predicted octanol–water partition coefficient (Wildman–Crippen LogP) is 0.201. The quantitative estimate of drug-likeness (QED) is 0.472. The van der Waals surface area contributed by atoms with E-state index in [0.29, 0.717) is 6.32 Å². The van der Waals surface area contributed by atoms with Crippen molar-refractivity contribution >= 4 is 13.7 Å². The summed E-state index contributed by atoms with van der Waals surface area (Å²) < 4.78 is 0. The second kappa shape index (κ2) is 2.38. The molecule has 2 nitrogen and oxygen atoms in total. The fraction of sp³-hybridized carbons (Fsp3) is 0.200. The SMILES string of the molecule is [B]CC1=CNC=C=N1. The Kier molecular flexibility index (Phi) is 1.55. The van der Waals surface area contributed by atoms with E-state index in [9.17, 15) is 0 Å². The van der Waals surface area contributed by atoms with Crippen LogP contribution in [0, 0.1) is 0 Å². The van der Waals surface area contributed by atoms with Gasteiger partial charge in [0.05, 0.1) is 19.7 Å². The summed E-state index contributed by atoms with van der Waals surface area (Å²) in [7, 11) is 5.25. The first-order chi connectivity index (χ1) is 3.93. The van der Waals surface area contributed by atoms with Gasteiger partial charge in [-0.1, -0.05) is 0 Å². The van der Waals surface area contributed by atoms with E-state index < -0.39 is 0 Å². The molecule has 1 aliphatic rings. The predicted molar refractivity (Wildman–Crippen MR) is 33.8 cm³/mol. The van der Waals surface area contributed by atoms with Gasteiger partial charge < -0.3 is 5.32 Å². The Labute approximate surface area is 49.4 Å². The third kappa shape index (κ3) is 1.01. The lowest BCUT2D eigenvalue weighted by Crippen LogP contribution is -1.98. The van der Waals surface area contributed by atoms with Gasteiger partial charge in [0.2, 0.25) is 0 Å². The number of nitrogens with zero attached hydrogens (tertiary/aromatic N) is 1. The van der Waals surface area contributed by atoms with Gasteiger partial charge in [0, 0.05) is 12.1 Å². The summed E-state index contributed by atoms with van der Waals surface area (Å²) in [4.78, 5) is 3.82. The summed E-state index contributed by atoms with van der Waals surface area (Å²) in [6, 6.07) is 0. The number of hydrogen-bond acceptors (Lipinski definition) is 2. The van der Waals surface area contributed by atoms with E-state index in [4.69, 9.17) is 7.85 Å². The molecule has 0 unspecified atom stereocenters. The summed E-state index contributed by atoms with van der Waals surface area (Å²) in [6.45, 7) is 0. The Hall–Kier alpha value is -0.945. The molecule has 38 valence electrons. The van der Waals surface area contributed by atoms with Gasteiger partial charge in [-0.15, -0.1) is 0 Å². The van der Waals surface area contributed by atoms with E-state index in [2.05, 4.69) is 16.2 Å². The Morgan fingerprint density at radius 1 is 1.88 bits per heavy atom. The van der Waals surface area contributed by atoms with Crippen molar-refractivity contribution < 1.29 is 0 Å². The minimum atomic E-state index is 0.466. The van der Waals surface area contributed by atoms with Crippen LogP contribution in [0.1, 0.15) is 0 Å². The number of hydrogen-bond donors (Lipinski definition) is 1. The highest BCUT2D eigenvalue weighted by Crippen LogP contribution is 1.98. The fourth-order valence-electron chi connectivity index (χ4n) is 0.427. The van der Waals surface area contributed by atoms with E-state index in [1.54, 1.807) is 12.4 Å². The average molecular weight is 104 g/mol. The van der Waals surface area contributed by atoms with Gasteiger partial charge in [0.15, 0.2) is 0 Å². The maximum absolute atomic E-state index is 5.25. The van der Waals surface area contributed by atoms with Gasteiger partial charge in [-0.05, 0) is 6.32 Å². The smallest absolute Gasteiger partial charge is 0.0739 e. The van der Waals surface area contributed by atoms with Crippen molar-refractivity contribution in [1.29, 1.82) is 0 Å². The molecule has 0 aromatic carbocycles. The van der Waals surface area contributed by atoms with Crippen molar-refractivity contribution in [3.63, 3.8) is 0 Å². The Morgan fingerprint density at radius 3 is 3.12 bits per heavy atom. The van der Waals surface area contributed by atoms with E-state index >= 15 is 0 Å². The second-order valence-corrected chi connectivity index (χ2v) is 1.39. The van der Waals surface area contributed by atoms with Crippen molar-refractivity contribution in [2.75, 3.05) is 0 Å². The standard InChI is InChI=1S/C5H5BN2/c6-3-5-4-7-1-2-8-5/h1,4,7H,3H2. The highest BCUT2D eigenvalue weighted by atomic mass is 14.9. The van der Waals surface area contributed by atoms with Crippen LogP contribution in [0.25, 0.3) is 0 Å². The van der Waals surface area contributed by atoms with Crippen LogP contribution in [-0.2, 0) is 0 Å². The molecule has 8 heavy (non-hydrogen) atoms. The minimum Gasteiger partial charge on any atom is -0.358 e. The van der Waals surface area contributed by atoms with Crippen LogP contribution in [0.15, 0.2) is 23.1 Å². The molecule has 1 N–H and O–H groups in total. The first-order valence-corrected chi connectivity index (χ1v) is 2.36. The van der Waals surface area contributed by atoms with Crippen molar-refractivity contribution in [1.82, 2.24) is 5.32 Å². The summed E-state index contributed by atoms with van der Waals surface area (Å²) in [5, 5.41) is 2.81. The molecular weight excluding hydrogens is 98.9 g/mol. The van der Waals surface area contributed by atoms with Crippen molar-refractivity contribution in [2.24, 2.45) is 4.99 Å². The van der Waals surface area contributed by atoms with Gasteiger partial charge >= 0.3 is 0 Å². The molecule has 1 rings (SSSR count). The first-order valence-electron chi connectivity index (χ1n) is 2.36. The number of allylic oxidation sites excluding steroid dienone is 1. The molecule has 0 atom stereocenters. The lowest BCUT2D eigenvalue weighted by Gasteiger charge is -1.96. The third-order valence-corrected chi connectivity index (χ3v) is 0.815. The Balaban J connectivity index is 2.68. The van der Waals surface area contributed by atoms with Crippen molar-refractivity contribution in [3.8, 4) is 0 Å². The minimum absolute atomic E-state index is 0.466. The molecule has 0 saturated heterocycles. The normalized spacial score (nSPS) is 15.2. The lowest BCUT2D eigenvalue weighted by molar-refractivity contribution is 1.12. The largest absolute Gasteiger partial charge is 0.358 e. The molecule has 0 bridgehead atoms. The molecule has 1 heterocycles. The Morgan fingerprint density at radius 2 is 2.75 bits per heavy atom. The summed E-state index contributed by atoms with van der Waals surface area (Å²) >= 11 is 0. The van der Waals surface area contributed by atoms with Gasteiger partial charge in [0.1, 0.15) is 0 Å². The third-order valence-electron chi connectivity index (χ3n) is 0.815. The van der Waals surface area contributed by atoms with Crippen molar-refractivity contribution in [2.45, 2.75) is 6.32 Å². The highest BCUT2D eigenvalue weighted by molar-refractivity contribution is 6.10. The summed E-state index contributed by atoms with van der Waals surface area (Å²) in [6.07, 6.45) is 3.84. The van der Waals surface area contributed by atoms with Gasteiger partial charge in [-0.3, -0.25) is 0 Å². The molecule has 0 aromatic heterocycles. The molecule has 0 aliphatic carbocycles. The van der Waals surface area contributed by atoms with E-state index in [-0.39, 0.29) is 0 Å². The summed E-state index contributed by atoms with van der Waals surface area (Å²) in [5.41, 5.74) is 0.826. The van der Waals surface area contributed by atoms with Gasteiger partial charge in [-0.25, -0.2) is 4.99 Å². The molecule has 1 aliphatic heterocycles. The number of aliphatic imine (C=N–C) groups is 1. The maximum Gasteiger partial charge on any atom is 0.0739 e. The molecule has 0 aromatic rings. The molecule has 0 amide bonds. The molecule has 0 spiro atoms. The first kappa shape index (κ1) is 5.20. The van der Waals surface area contributed by atoms with Gasteiger partial charge in [-0.2, -0.15) is 0 Å². The lowest BCUT2D eigenvalue weighted by atomic mass is 10.0. The van der Waals surface area contributed by atoms with Crippen LogP contribution in [0.4, 0.5) is 0 Å². The van der Waals surface area contributed by atoms with Crippen LogP contribution in [-0.4, -0.2) is 13.7 Å².